The predicted molar refractivity (Wildman–Crippen MR) is 113 cm³/mol. The summed E-state index contributed by atoms with van der Waals surface area (Å²) in [6, 6.07) is 15.9. The van der Waals surface area contributed by atoms with Gasteiger partial charge in [-0.3, -0.25) is 0 Å². The molecule has 0 aliphatic carbocycles. The van der Waals surface area contributed by atoms with Crippen molar-refractivity contribution in [3.8, 4) is 17.2 Å². The van der Waals surface area contributed by atoms with E-state index in [0.717, 1.165) is 53.2 Å². The molecule has 1 heterocycles. The van der Waals surface area contributed by atoms with Gasteiger partial charge >= 0.3 is 0 Å². The summed E-state index contributed by atoms with van der Waals surface area (Å²) in [6.07, 6.45) is 1.01. The molecule has 0 aliphatic rings. The molecule has 0 fully saturated rings. The lowest BCUT2D eigenvalue weighted by Gasteiger charge is -2.10. The third-order valence-electron chi connectivity index (χ3n) is 3.95. The Labute approximate surface area is 175 Å². The minimum absolute atomic E-state index is 0. The molecule has 0 saturated heterocycles. The Hall–Kier alpha value is -2.29. The van der Waals surface area contributed by atoms with Gasteiger partial charge in [-0.15, -0.1) is 17.5 Å². The quantitative estimate of drug-likeness (QED) is 0.397. The Morgan fingerprint density at radius 1 is 1.04 bits per heavy atom. The highest BCUT2D eigenvalue weighted by Gasteiger charge is 2.08. The van der Waals surface area contributed by atoms with E-state index < -0.39 is 0 Å². The average Bonchev–Trinajstić information content (AvgIpc) is 3.19. The number of halogens is 1. The van der Waals surface area contributed by atoms with Crippen molar-refractivity contribution >= 4 is 24.2 Å². The van der Waals surface area contributed by atoms with Crippen LogP contribution in [0.2, 0.25) is 0 Å². The van der Waals surface area contributed by atoms with Gasteiger partial charge in [-0.2, -0.15) is 4.68 Å². The van der Waals surface area contributed by atoms with Crippen molar-refractivity contribution in [3.63, 3.8) is 0 Å². The van der Waals surface area contributed by atoms with Crippen LogP contribution in [0.1, 0.15) is 12.0 Å². The zero-order chi connectivity index (χ0) is 18.9. The van der Waals surface area contributed by atoms with Gasteiger partial charge in [0.25, 0.3) is 0 Å². The first-order valence-corrected chi connectivity index (χ1v) is 9.68. The Bertz CT molecular complexity index is 847. The summed E-state index contributed by atoms with van der Waals surface area (Å²) in [5, 5.41) is 16.2. The van der Waals surface area contributed by atoms with Crippen LogP contribution in [0.15, 0.2) is 53.7 Å². The van der Waals surface area contributed by atoms with E-state index in [4.69, 9.17) is 9.47 Å². The number of benzene rings is 2. The maximum atomic E-state index is 5.33. The van der Waals surface area contributed by atoms with E-state index in [9.17, 15) is 0 Å². The van der Waals surface area contributed by atoms with E-state index in [1.165, 1.54) is 0 Å². The monoisotopic (exact) mass is 421 g/mol. The highest BCUT2D eigenvalue weighted by molar-refractivity contribution is 7.99. The lowest BCUT2D eigenvalue weighted by atomic mass is 10.2. The molecule has 2 aromatic carbocycles. The molecule has 0 amide bonds. The van der Waals surface area contributed by atoms with Crippen molar-refractivity contribution in [2.24, 2.45) is 0 Å². The van der Waals surface area contributed by atoms with Crippen molar-refractivity contribution in [2.45, 2.75) is 18.1 Å². The van der Waals surface area contributed by atoms with Gasteiger partial charge in [-0.05, 0) is 53.2 Å². The van der Waals surface area contributed by atoms with Crippen molar-refractivity contribution in [1.29, 1.82) is 0 Å². The van der Waals surface area contributed by atoms with E-state index in [2.05, 4.69) is 20.8 Å². The highest BCUT2D eigenvalue weighted by atomic mass is 35.5. The van der Waals surface area contributed by atoms with E-state index in [-0.39, 0.29) is 12.4 Å². The molecule has 150 valence electrons. The molecule has 0 unspecified atom stereocenters. The summed E-state index contributed by atoms with van der Waals surface area (Å²) in [7, 11) is 3.29. The van der Waals surface area contributed by atoms with Gasteiger partial charge in [-0.25, -0.2) is 0 Å². The summed E-state index contributed by atoms with van der Waals surface area (Å²) < 4.78 is 12.4. The number of nitrogens with zero attached hydrogens (tertiary/aromatic N) is 4. The third kappa shape index (κ3) is 5.85. The normalized spacial score (nSPS) is 10.4. The molecule has 1 N–H and O–H groups in total. The lowest BCUT2D eigenvalue weighted by Crippen LogP contribution is -2.15. The maximum Gasteiger partial charge on any atom is 0.214 e. The molecular weight excluding hydrogens is 398 g/mol. The summed E-state index contributed by atoms with van der Waals surface area (Å²) in [5.41, 5.74) is 2.13. The van der Waals surface area contributed by atoms with Gasteiger partial charge in [0.05, 0.1) is 19.9 Å². The highest BCUT2D eigenvalue weighted by Crippen LogP contribution is 2.27. The van der Waals surface area contributed by atoms with Crippen LogP contribution in [0.25, 0.3) is 5.69 Å². The van der Waals surface area contributed by atoms with Crippen LogP contribution >= 0.6 is 24.2 Å². The van der Waals surface area contributed by atoms with E-state index in [0.29, 0.717) is 0 Å². The topological polar surface area (TPSA) is 74.1 Å². The van der Waals surface area contributed by atoms with E-state index in [1.807, 2.05) is 48.5 Å². The summed E-state index contributed by atoms with van der Waals surface area (Å²) >= 11 is 1.66. The second-order valence-corrected chi connectivity index (χ2v) is 6.84. The van der Waals surface area contributed by atoms with E-state index in [1.54, 1.807) is 30.7 Å². The summed E-state index contributed by atoms with van der Waals surface area (Å²) in [4.78, 5) is 0. The van der Waals surface area contributed by atoms with Crippen molar-refractivity contribution < 1.29 is 9.47 Å². The van der Waals surface area contributed by atoms with E-state index >= 15 is 0 Å². The number of thioether (sulfide) groups is 1. The number of methoxy groups -OCH3 is 2. The third-order valence-corrected chi connectivity index (χ3v) is 4.95. The molecule has 1 aromatic heterocycles. The minimum Gasteiger partial charge on any atom is -0.493 e. The molecule has 0 saturated carbocycles. The number of hydrogen-bond donors (Lipinski definition) is 1. The van der Waals surface area contributed by atoms with Gasteiger partial charge in [0.15, 0.2) is 11.5 Å². The molecule has 9 heteroatoms. The summed E-state index contributed by atoms with van der Waals surface area (Å²) in [6.45, 7) is 1.70. The molecule has 0 spiro atoms. The smallest absolute Gasteiger partial charge is 0.214 e. The fourth-order valence-corrected chi connectivity index (χ4v) is 3.41. The van der Waals surface area contributed by atoms with Gasteiger partial charge < -0.3 is 14.8 Å². The van der Waals surface area contributed by atoms with Gasteiger partial charge in [-0.1, -0.05) is 36.0 Å². The number of ether oxygens (including phenoxy) is 2. The second-order valence-electron chi connectivity index (χ2n) is 5.78. The van der Waals surface area contributed by atoms with Crippen LogP contribution in [-0.4, -0.2) is 46.7 Å². The standard InChI is InChI=1S/C19H23N5O2S.ClH/c1-25-17-10-9-15(13-18(17)26-2)14-20-11-6-12-27-19-21-22-23-24(19)16-7-4-3-5-8-16;/h3-5,7-10,13,20H,6,11-12,14H2,1-2H3;1H. The molecule has 0 radical (unpaired) electrons. The molecule has 0 atom stereocenters. The first-order chi connectivity index (χ1) is 13.3. The van der Waals surface area contributed by atoms with Gasteiger partial charge in [0.1, 0.15) is 0 Å². The fraction of sp³-hybridized carbons (Fsp3) is 0.316. The van der Waals surface area contributed by atoms with Crippen LogP contribution in [0.3, 0.4) is 0 Å². The zero-order valence-electron chi connectivity index (χ0n) is 15.9. The fourth-order valence-electron chi connectivity index (χ4n) is 2.58. The van der Waals surface area contributed by atoms with Crippen LogP contribution in [0.4, 0.5) is 0 Å². The van der Waals surface area contributed by atoms with Crippen LogP contribution in [0.5, 0.6) is 11.5 Å². The lowest BCUT2D eigenvalue weighted by molar-refractivity contribution is 0.354. The first-order valence-electron chi connectivity index (χ1n) is 8.70. The molecule has 3 rings (SSSR count). The molecule has 3 aromatic rings. The Morgan fingerprint density at radius 2 is 1.82 bits per heavy atom. The Morgan fingerprint density at radius 3 is 2.57 bits per heavy atom. The SMILES string of the molecule is COc1ccc(CNCCCSc2nnnn2-c2ccccc2)cc1OC.Cl. The maximum absolute atomic E-state index is 5.33. The Balaban J connectivity index is 0.00000280. The number of aromatic nitrogens is 4. The second kappa shape index (κ2) is 11.5. The molecule has 0 aliphatic heterocycles. The zero-order valence-corrected chi connectivity index (χ0v) is 17.5. The molecule has 28 heavy (non-hydrogen) atoms. The molecule has 0 bridgehead atoms. The summed E-state index contributed by atoms with van der Waals surface area (Å²) in [5.74, 6) is 2.43. The molecular formula is C19H24ClN5O2S. The van der Waals surface area contributed by atoms with Gasteiger partial charge in [0, 0.05) is 12.3 Å². The number of tetrazole rings is 1. The first kappa shape index (κ1) is 22.0. The van der Waals surface area contributed by atoms with Crippen LogP contribution in [0, 0.1) is 0 Å². The van der Waals surface area contributed by atoms with Crippen molar-refractivity contribution in [1.82, 2.24) is 25.5 Å². The van der Waals surface area contributed by atoms with Crippen molar-refractivity contribution in [3.05, 3.63) is 54.1 Å². The number of nitrogens with one attached hydrogen (secondary N) is 1. The van der Waals surface area contributed by atoms with Gasteiger partial charge in [0.2, 0.25) is 5.16 Å². The van der Waals surface area contributed by atoms with Crippen molar-refractivity contribution in [2.75, 3.05) is 26.5 Å². The number of hydrogen-bond acceptors (Lipinski definition) is 7. The number of para-hydroxylation sites is 1. The van der Waals surface area contributed by atoms with Crippen LogP contribution in [-0.2, 0) is 6.54 Å². The largest absolute Gasteiger partial charge is 0.493 e. The van der Waals surface area contributed by atoms with Crippen LogP contribution < -0.4 is 14.8 Å². The minimum atomic E-state index is 0. The number of rotatable bonds is 10. The predicted octanol–water partition coefficient (Wildman–Crippen LogP) is 3.37. The average molecular weight is 422 g/mol. The Kier molecular flexibility index (Phi) is 9.06. The molecule has 7 nitrogen and oxygen atoms in total.